The third-order valence-electron chi connectivity index (χ3n) is 2.42. The highest BCUT2D eigenvalue weighted by molar-refractivity contribution is 7.90. The van der Waals surface area contributed by atoms with Crippen LogP contribution in [0.2, 0.25) is 0 Å². The molecule has 0 aliphatic heterocycles. The molecule has 0 bridgehead atoms. The van der Waals surface area contributed by atoms with E-state index < -0.39 is 9.84 Å². The maximum absolute atomic E-state index is 11.1. The highest BCUT2D eigenvalue weighted by atomic mass is 32.2. The lowest BCUT2D eigenvalue weighted by Gasteiger charge is -2.25. The van der Waals surface area contributed by atoms with Crippen LogP contribution in [0.25, 0.3) is 0 Å². The highest BCUT2D eigenvalue weighted by Gasteiger charge is 2.19. The Bertz CT molecular complexity index is 407. The zero-order chi connectivity index (χ0) is 12.2. The third kappa shape index (κ3) is 5.63. The van der Waals surface area contributed by atoms with Gasteiger partial charge in [-0.1, -0.05) is 6.07 Å². The SMILES string of the molecule is CC(C)(CCS(C)(=O)=O)NCc1cccs1. The molecular weight excluding hydrogens is 242 g/mol. The van der Waals surface area contributed by atoms with Crippen molar-refractivity contribution in [3.63, 3.8) is 0 Å². The molecule has 0 spiro atoms. The van der Waals surface area contributed by atoms with Gasteiger partial charge >= 0.3 is 0 Å². The molecule has 0 radical (unpaired) electrons. The number of thiophene rings is 1. The Morgan fingerprint density at radius 2 is 2.12 bits per heavy atom. The Kier molecular flexibility index (Phi) is 4.52. The van der Waals surface area contributed by atoms with Crippen LogP contribution in [0, 0.1) is 0 Å². The monoisotopic (exact) mass is 261 g/mol. The number of hydrogen-bond donors (Lipinski definition) is 1. The summed E-state index contributed by atoms with van der Waals surface area (Å²) in [6, 6.07) is 4.09. The minimum atomic E-state index is -2.87. The number of hydrogen-bond acceptors (Lipinski definition) is 4. The number of rotatable bonds is 6. The molecule has 0 aromatic carbocycles. The van der Waals surface area contributed by atoms with E-state index in [0.29, 0.717) is 6.42 Å². The fraction of sp³-hybridized carbons (Fsp3) is 0.636. The van der Waals surface area contributed by atoms with Gasteiger partial charge in [-0.2, -0.15) is 0 Å². The lowest BCUT2D eigenvalue weighted by molar-refractivity contribution is 0.376. The summed E-state index contributed by atoms with van der Waals surface area (Å²) < 4.78 is 22.2. The van der Waals surface area contributed by atoms with Gasteiger partial charge in [-0.25, -0.2) is 8.42 Å². The molecule has 1 aromatic rings. The van der Waals surface area contributed by atoms with Gasteiger partial charge in [0.25, 0.3) is 0 Å². The summed E-state index contributed by atoms with van der Waals surface area (Å²) >= 11 is 1.71. The van der Waals surface area contributed by atoms with Gasteiger partial charge in [0.15, 0.2) is 0 Å². The van der Waals surface area contributed by atoms with Gasteiger partial charge in [-0.05, 0) is 31.7 Å². The Morgan fingerprint density at radius 3 is 2.62 bits per heavy atom. The molecule has 0 saturated carbocycles. The van der Waals surface area contributed by atoms with Crippen molar-refractivity contribution in [3.05, 3.63) is 22.4 Å². The summed E-state index contributed by atoms with van der Waals surface area (Å²) in [6.07, 6.45) is 1.92. The molecule has 0 atom stereocenters. The average molecular weight is 261 g/mol. The first kappa shape index (κ1) is 13.7. The molecule has 3 nitrogen and oxygen atoms in total. The normalized spacial score (nSPS) is 12.9. The van der Waals surface area contributed by atoms with Crippen LogP contribution >= 0.6 is 11.3 Å². The first-order valence-electron chi connectivity index (χ1n) is 5.24. The summed E-state index contributed by atoms with van der Waals surface area (Å²) in [5.74, 6) is 0.234. The van der Waals surface area contributed by atoms with E-state index in [1.807, 2.05) is 25.3 Å². The van der Waals surface area contributed by atoms with Crippen molar-refractivity contribution in [1.82, 2.24) is 5.32 Å². The molecule has 0 saturated heterocycles. The molecule has 1 rings (SSSR count). The van der Waals surface area contributed by atoms with Gasteiger partial charge in [-0.15, -0.1) is 11.3 Å². The van der Waals surface area contributed by atoms with Gasteiger partial charge in [-0.3, -0.25) is 0 Å². The second kappa shape index (κ2) is 5.29. The molecule has 0 unspecified atom stereocenters. The molecule has 1 aromatic heterocycles. The molecule has 16 heavy (non-hydrogen) atoms. The van der Waals surface area contributed by atoms with Gasteiger partial charge < -0.3 is 5.32 Å². The number of sulfone groups is 1. The van der Waals surface area contributed by atoms with Crippen molar-refractivity contribution in [2.75, 3.05) is 12.0 Å². The van der Waals surface area contributed by atoms with Crippen molar-refractivity contribution < 1.29 is 8.42 Å². The van der Waals surface area contributed by atoms with Crippen LogP contribution in [0.3, 0.4) is 0 Å². The zero-order valence-corrected chi connectivity index (χ0v) is 11.6. The van der Waals surface area contributed by atoms with Crippen LogP contribution in [0.4, 0.5) is 0 Å². The zero-order valence-electron chi connectivity index (χ0n) is 9.99. The largest absolute Gasteiger partial charge is 0.307 e. The van der Waals surface area contributed by atoms with Gasteiger partial charge in [0.1, 0.15) is 9.84 Å². The van der Waals surface area contributed by atoms with Crippen molar-refractivity contribution >= 4 is 21.2 Å². The molecule has 5 heteroatoms. The lowest BCUT2D eigenvalue weighted by Crippen LogP contribution is -2.40. The van der Waals surface area contributed by atoms with Gasteiger partial charge in [0.05, 0.1) is 5.75 Å². The smallest absolute Gasteiger partial charge is 0.147 e. The Hall–Kier alpha value is -0.390. The average Bonchev–Trinajstić information content (AvgIpc) is 2.64. The lowest BCUT2D eigenvalue weighted by atomic mass is 10.0. The van der Waals surface area contributed by atoms with Crippen LogP contribution in [0.15, 0.2) is 17.5 Å². The third-order valence-corrected chi connectivity index (χ3v) is 4.24. The fourth-order valence-corrected chi connectivity index (χ4v) is 2.79. The molecule has 1 heterocycles. The second-order valence-electron chi connectivity index (χ2n) is 4.70. The van der Waals surface area contributed by atoms with Crippen molar-refractivity contribution in [1.29, 1.82) is 0 Å². The van der Waals surface area contributed by atoms with E-state index in [4.69, 9.17) is 0 Å². The predicted molar refractivity (Wildman–Crippen MR) is 69.6 cm³/mol. The van der Waals surface area contributed by atoms with Crippen molar-refractivity contribution in [3.8, 4) is 0 Å². The van der Waals surface area contributed by atoms with E-state index in [1.54, 1.807) is 11.3 Å². The summed E-state index contributed by atoms with van der Waals surface area (Å²) in [6.45, 7) is 4.87. The van der Waals surface area contributed by atoms with E-state index in [9.17, 15) is 8.42 Å². The molecule has 0 aliphatic carbocycles. The second-order valence-corrected chi connectivity index (χ2v) is 7.99. The van der Waals surface area contributed by atoms with E-state index in [0.717, 1.165) is 6.54 Å². The molecule has 0 amide bonds. The quantitative estimate of drug-likeness (QED) is 0.852. The predicted octanol–water partition coefficient (Wildman–Crippen LogP) is 2.05. The fourth-order valence-electron chi connectivity index (χ4n) is 1.27. The Balaban J connectivity index is 2.39. The van der Waals surface area contributed by atoms with Crippen LogP contribution in [0.5, 0.6) is 0 Å². The van der Waals surface area contributed by atoms with E-state index in [-0.39, 0.29) is 11.3 Å². The summed E-state index contributed by atoms with van der Waals surface area (Å²) in [5.41, 5.74) is -0.146. The van der Waals surface area contributed by atoms with Crippen LogP contribution in [0.1, 0.15) is 25.1 Å². The van der Waals surface area contributed by atoms with Gasteiger partial charge in [0, 0.05) is 23.2 Å². The Morgan fingerprint density at radius 1 is 1.44 bits per heavy atom. The van der Waals surface area contributed by atoms with Gasteiger partial charge in [0.2, 0.25) is 0 Å². The topological polar surface area (TPSA) is 46.2 Å². The summed E-state index contributed by atoms with van der Waals surface area (Å²) in [5, 5.41) is 5.42. The Labute approximate surface area is 102 Å². The van der Waals surface area contributed by atoms with Crippen LogP contribution in [-0.2, 0) is 16.4 Å². The van der Waals surface area contributed by atoms with E-state index >= 15 is 0 Å². The molecule has 0 fully saturated rings. The maximum Gasteiger partial charge on any atom is 0.147 e. The first-order valence-corrected chi connectivity index (χ1v) is 8.18. The number of nitrogens with one attached hydrogen (secondary N) is 1. The van der Waals surface area contributed by atoms with Crippen LogP contribution in [-0.4, -0.2) is 26.0 Å². The first-order chi connectivity index (χ1) is 7.29. The molecule has 92 valence electrons. The maximum atomic E-state index is 11.1. The van der Waals surface area contributed by atoms with Crippen molar-refractivity contribution in [2.24, 2.45) is 0 Å². The summed E-state index contributed by atoms with van der Waals surface area (Å²) in [7, 11) is -2.87. The minimum Gasteiger partial charge on any atom is -0.307 e. The van der Waals surface area contributed by atoms with E-state index in [2.05, 4.69) is 11.4 Å². The van der Waals surface area contributed by atoms with Crippen molar-refractivity contribution in [2.45, 2.75) is 32.4 Å². The highest BCUT2D eigenvalue weighted by Crippen LogP contribution is 2.13. The minimum absolute atomic E-state index is 0.146. The standard InChI is InChI=1S/C11H19NO2S2/c1-11(2,6-8-16(3,13)14)12-9-10-5-4-7-15-10/h4-5,7,12H,6,8-9H2,1-3H3. The van der Waals surface area contributed by atoms with E-state index in [1.165, 1.54) is 11.1 Å². The summed E-state index contributed by atoms with van der Waals surface area (Å²) in [4.78, 5) is 1.27. The molecular formula is C11H19NO2S2. The van der Waals surface area contributed by atoms with Crippen LogP contribution < -0.4 is 5.32 Å². The molecule has 1 N–H and O–H groups in total. The molecule has 0 aliphatic rings.